The summed E-state index contributed by atoms with van der Waals surface area (Å²) in [5.41, 5.74) is 0.943. The van der Waals surface area contributed by atoms with Crippen molar-refractivity contribution in [3.8, 4) is 0 Å². The molecule has 1 amide bonds. The zero-order valence-electron chi connectivity index (χ0n) is 10.2. The van der Waals surface area contributed by atoms with Gasteiger partial charge in [-0.15, -0.1) is 0 Å². The molecule has 98 valence electrons. The van der Waals surface area contributed by atoms with Gasteiger partial charge < -0.3 is 10.2 Å². The van der Waals surface area contributed by atoms with Gasteiger partial charge in [-0.3, -0.25) is 4.79 Å². The van der Waals surface area contributed by atoms with Gasteiger partial charge in [0.2, 0.25) is 5.91 Å². The zero-order chi connectivity index (χ0) is 13.1. The molecule has 1 atom stereocenters. The summed E-state index contributed by atoms with van der Waals surface area (Å²) in [6, 6.07) is 5.90. The van der Waals surface area contributed by atoms with Crippen LogP contribution in [0.3, 0.4) is 0 Å². The number of carbonyl (C=O) groups excluding carboxylic acids is 1. The Bertz CT molecular complexity index is 453. The van der Waals surface area contributed by atoms with E-state index in [1.165, 1.54) is 0 Å². The average Bonchev–Trinajstić information content (AvgIpc) is 2.34. The molecule has 1 N–H and O–H groups in total. The van der Waals surface area contributed by atoms with E-state index in [-0.39, 0.29) is 5.91 Å². The monoisotopic (exact) mass is 330 g/mol. The number of hydrogen-bond donors (Lipinski definition) is 1. The van der Waals surface area contributed by atoms with E-state index in [4.69, 9.17) is 11.6 Å². The summed E-state index contributed by atoms with van der Waals surface area (Å²) in [4.78, 5) is 14.1. The van der Waals surface area contributed by atoms with Crippen LogP contribution in [-0.2, 0) is 11.2 Å². The minimum absolute atomic E-state index is 0.159. The predicted molar refractivity (Wildman–Crippen MR) is 76.9 cm³/mol. The summed E-state index contributed by atoms with van der Waals surface area (Å²) >= 11 is 9.41. The predicted octanol–water partition coefficient (Wildman–Crippen LogP) is 2.47. The molecule has 2 rings (SSSR count). The zero-order valence-corrected chi connectivity index (χ0v) is 12.6. The largest absolute Gasteiger partial charge is 0.340 e. The van der Waals surface area contributed by atoms with Crippen molar-refractivity contribution in [2.24, 2.45) is 0 Å². The van der Waals surface area contributed by atoms with Gasteiger partial charge in [-0.2, -0.15) is 0 Å². The fourth-order valence-corrected chi connectivity index (χ4v) is 2.69. The van der Waals surface area contributed by atoms with Crippen molar-refractivity contribution < 1.29 is 4.79 Å². The highest BCUT2D eigenvalue weighted by Crippen LogP contribution is 2.22. The van der Waals surface area contributed by atoms with Gasteiger partial charge in [0, 0.05) is 35.2 Å². The maximum absolute atomic E-state index is 12.2. The van der Waals surface area contributed by atoms with E-state index < -0.39 is 0 Å². The topological polar surface area (TPSA) is 32.3 Å². The Morgan fingerprint density at radius 1 is 1.61 bits per heavy atom. The third-order valence-corrected chi connectivity index (χ3v) is 4.08. The number of halogens is 2. The molecular formula is C13H16BrClN2O. The number of carbonyl (C=O) groups is 1. The molecule has 0 unspecified atom stereocenters. The fraction of sp³-hybridized carbons (Fsp3) is 0.462. The van der Waals surface area contributed by atoms with Gasteiger partial charge in [0.25, 0.3) is 0 Å². The molecule has 18 heavy (non-hydrogen) atoms. The van der Waals surface area contributed by atoms with Crippen molar-refractivity contribution in [3.63, 3.8) is 0 Å². The number of piperazine rings is 1. The minimum Gasteiger partial charge on any atom is -0.340 e. The fourth-order valence-electron chi connectivity index (χ4n) is 2.11. The van der Waals surface area contributed by atoms with Crippen LogP contribution in [0.15, 0.2) is 22.7 Å². The van der Waals surface area contributed by atoms with Crippen LogP contribution in [0.4, 0.5) is 0 Å². The molecule has 0 aliphatic carbocycles. The normalized spacial score (nSPS) is 19.9. The standard InChI is InChI=1S/C13H16BrClN2O/c1-9-8-17(5-4-16-9)13(18)7-10-6-11(15)2-3-12(10)14/h2-3,6,9,16H,4-5,7-8H2,1H3/t9-/m1/s1. The Balaban J connectivity index is 2.04. The SMILES string of the molecule is C[C@@H]1CN(C(=O)Cc2cc(Cl)ccc2Br)CCN1. The Morgan fingerprint density at radius 3 is 3.11 bits per heavy atom. The van der Waals surface area contributed by atoms with E-state index in [1.807, 2.05) is 23.1 Å². The second-order valence-corrected chi connectivity index (χ2v) is 5.90. The third kappa shape index (κ3) is 3.46. The van der Waals surface area contributed by atoms with Gasteiger partial charge in [0.05, 0.1) is 6.42 Å². The molecule has 0 saturated carbocycles. The van der Waals surface area contributed by atoms with Crippen LogP contribution in [0.5, 0.6) is 0 Å². The lowest BCUT2D eigenvalue weighted by atomic mass is 10.1. The first-order valence-electron chi connectivity index (χ1n) is 6.01. The number of hydrogen-bond acceptors (Lipinski definition) is 2. The van der Waals surface area contributed by atoms with E-state index in [9.17, 15) is 4.79 Å². The Morgan fingerprint density at radius 2 is 2.39 bits per heavy atom. The molecule has 1 aliphatic heterocycles. The average molecular weight is 332 g/mol. The number of rotatable bonds is 2. The van der Waals surface area contributed by atoms with Crippen molar-refractivity contribution in [2.45, 2.75) is 19.4 Å². The molecule has 3 nitrogen and oxygen atoms in total. The van der Waals surface area contributed by atoms with E-state index in [0.717, 1.165) is 29.7 Å². The van der Waals surface area contributed by atoms with E-state index in [0.29, 0.717) is 17.5 Å². The smallest absolute Gasteiger partial charge is 0.227 e. The molecular weight excluding hydrogens is 316 g/mol. The molecule has 1 aromatic carbocycles. The highest BCUT2D eigenvalue weighted by atomic mass is 79.9. The Labute approximate surface area is 121 Å². The molecule has 0 aromatic heterocycles. The second kappa shape index (κ2) is 6.04. The van der Waals surface area contributed by atoms with Crippen molar-refractivity contribution >= 4 is 33.4 Å². The lowest BCUT2D eigenvalue weighted by Crippen LogP contribution is -2.51. The number of benzene rings is 1. The van der Waals surface area contributed by atoms with Crippen LogP contribution < -0.4 is 5.32 Å². The summed E-state index contributed by atoms with van der Waals surface area (Å²) < 4.78 is 0.934. The first-order chi connectivity index (χ1) is 8.56. The molecule has 1 heterocycles. The van der Waals surface area contributed by atoms with Gasteiger partial charge in [0.15, 0.2) is 0 Å². The number of nitrogens with zero attached hydrogens (tertiary/aromatic N) is 1. The van der Waals surface area contributed by atoms with E-state index in [1.54, 1.807) is 0 Å². The van der Waals surface area contributed by atoms with Crippen LogP contribution in [0, 0.1) is 0 Å². The van der Waals surface area contributed by atoms with Gasteiger partial charge in [0.1, 0.15) is 0 Å². The molecule has 1 aliphatic rings. The van der Waals surface area contributed by atoms with E-state index in [2.05, 4.69) is 28.2 Å². The highest BCUT2D eigenvalue weighted by molar-refractivity contribution is 9.10. The van der Waals surface area contributed by atoms with Crippen LogP contribution >= 0.6 is 27.5 Å². The summed E-state index contributed by atoms with van der Waals surface area (Å²) in [6.07, 6.45) is 0.397. The third-order valence-electron chi connectivity index (χ3n) is 3.07. The van der Waals surface area contributed by atoms with Crippen molar-refractivity contribution in [1.29, 1.82) is 0 Å². The van der Waals surface area contributed by atoms with Crippen LogP contribution in [-0.4, -0.2) is 36.5 Å². The lowest BCUT2D eigenvalue weighted by Gasteiger charge is -2.32. The second-order valence-electron chi connectivity index (χ2n) is 4.61. The first kappa shape index (κ1) is 13.8. The number of nitrogens with one attached hydrogen (secondary N) is 1. The Hall–Kier alpha value is -0.580. The quantitative estimate of drug-likeness (QED) is 0.903. The van der Waals surface area contributed by atoms with Crippen molar-refractivity contribution in [1.82, 2.24) is 10.2 Å². The molecule has 0 radical (unpaired) electrons. The van der Waals surface area contributed by atoms with Crippen molar-refractivity contribution in [2.75, 3.05) is 19.6 Å². The molecule has 0 spiro atoms. The van der Waals surface area contributed by atoms with Crippen LogP contribution in [0.25, 0.3) is 0 Å². The molecule has 1 aromatic rings. The summed E-state index contributed by atoms with van der Waals surface area (Å²) in [7, 11) is 0. The van der Waals surface area contributed by atoms with Gasteiger partial charge in [-0.05, 0) is 30.7 Å². The number of amides is 1. The summed E-state index contributed by atoms with van der Waals surface area (Å²) in [5.74, 6) is 0.159. The summed E-state index contributed by atoms with van der Waals surface area (Å²) in [6.45, 7) is 4.51. The molecule has 5 heteroatoms. The molecule has 1 saturated heterocycles. The maximum atomic E-state index is 12.2. The first-order valence-corrected chi connectivity index (χ1v) is 7.18. The van der Waals surface area contributed by atoms with Gasteiger partial charge in [-0.25, -0.2) is 0 Å². The molecule has 1 fully saturated rings. The van der Waals surface area contributed by atoms with Crippen LogP contribution in [0.1, 0.15) is 12.5 Å². The highest BCUT2D eigenvalue weighted by Gasteiger charge is 2.21. The van der Waals surface area contributed by atoms with Gasteiger partial charge in [-0.1, -0.05) is 27.5 Å². The maximum Gasteiger partial charge on any atom is 0.227 e. The van der Waals surface area contributed by atoms with Crippen molar-refractivity contribution in [3.05, 3.63) is 33.3 Å². The minimum atomic E-state index is 0.159. The Kier molecular flexibility index (Phi) is 4.65. The summed E-state index contributed by atoms with van der Waals surface area (Å²) in [5, 5.41) is 3.99. The molecule has 0 bridgehead atoms. The lowest BCUT2D eigenvalue weighted by molar-refractivity contribution is -0.131. The van der Waals surface area contributed by atoms with E-state index >= 15 is 0 Å². The van der Waals surface area contributed by atoms with Gasteiger partial charge >= 0.3 is 0 Å². The van der Waals surface area contributed by atoms with Crippen LogP contribution in [0.2, 0.25) is 5.02 Å².